The Morgan fingerprint density at radius 1 is 1.00 bits per heavy atom. The lowest BCUT2D eigenvalue weighted by molar-refractivity contribution is -0.126. The number of carbonyl (C=O) groups is 2. The summed E-state index contributed by atoms with van der Waals surface area (Å²) in [4.78, 5) is 22.1. The maximum atomic E-state index is 10.5. The first-order valence-corrected chi connectivity index (χ1v) is 4.28. The van der Waals surface area contributed by atoms with E-state index in [9.17, 15) is 9.59 Å². The van der Waals surface area contributed by atoms with Crippen molar-refractivity contribution < 1.29 is 9.59 Å². The van der Waals surface area contributed by atoms with Crippen LogP contribution in [0.3, 0.4) is 0 Å². The molecule has 0 radical (unpaired) electrons. The summed E-state index contributed by atoms with van der Waals surface area (Å²) < 4.78 is 0. The zero-order valence-electron chi connectivity index (χ0n) is 9.76. The molecule has 0 spiro atoms. The zero-order valence-corrected chi connectivity index (χ0v) is 9.76. The van der Waals surface area contributed by atoms with Crippen LogP contribution in [0.2, 0.25) is 0 Å². The fourth-order valence-electron chi connectivity index (χ4n) is 0. The lowest BCUT2D eigenvalue weighted by atomic mass is 9.92. The molecule has 0 aliphatic carbocycles. The average molecular weight is 187 g/mol. The van der Waals surface area contributed by atoms with Crippen LogP contribution in [0.1, 0.15) is 34.6 Å². The molecular formula is C10H21NO2. The van der Waals surface area contributed by atoms with Crippen molar-refractivity contribution in [1.82, 2.24) is 4.90 Å². The van der Waals surface area contributed by atoms with Crippen molar-refractivity contribution in [2.45, 2.75) is 34.6 Å². The third-order valence-electron chi connectivity index (χ3n) is 1.69. The highest BCUT2D eigenvalue weighted by Gasteiger charge is 2.14. The summed E-state index contributed by atoms with van der Waals surface area (Å²) in [5, 5.41) is 0. The topological polar surface area (TPSA) is 37.4 Å². The van der Waals surface area contributed by atoms with Crippen LogP contribution in [0.5, 0.6) is 0 Å². The summed E-state index contributed by atoms with van der Waals surface area (Å²) in [6.45, 7) is 8.88. The van der Waals surface area contributed by atoms with Crippen LogP contribution in [0.4, 0.5) is 0 Å². The molecule has 0 rings (SSSR count). The summed E-state index contributed by atoms with van der Waals surface area (Å²) in [5.41, 5.74) is -0.139. The minimum atomic E-state index is -0.139. The molecule has 78 valence electrons. The molecular weight excluding hydrogens is 166 g/mol. The summed E-state index contributed by atoms with van der Waals surface area (Å²) in [6, 6.07) is 0. The fourth-order valence-corrected chi connectivity index (χ4v) is 0. The van der Waals surface area contributed by atoms with Gasteiger partial charge in [-0.15, -0.1) is 0 Å². The van der Waals surface area contributed by atoms with E-state index in [0.717, 1.165) is 0 Å². The second-order valence-electron chi connectivity index (χ2n) is 4.22. The monoisotopic (exact) mass is 187 g/mol. The third-order valence-corrected chi connectivity index (χ3v) is 1.69. The number of hydrogen-bond acceptors (Lipinski definition) is 2. The van der Waals surface area contributed by atoms with E-state index < -0.39 is 0 Å². The van der Waals surface area contributed by atoms with Gasteiger partial charge in [0.2, 0.25) is 5.91 Å². The second-order valence-corrected chi connectivity index (χ2v) is 4.22. The first-order chi connectivity index (χ1) is 5.59. The molecule has 0 N–H and O–H groups in total. The van der Waals surface area contributed by atoms with Crippen molar-refractivity contribution in [3.8, 4) is 0 Å². The van der Waals surface area contributed by atoms with Crippen LogP contribution in [-0.2, 0) is 9.59 Å². The van der Waals surface area contributed by atoms with Gasteiger partial charge >= 0.3 is 0 Å². The van der Waals surface area contributed by atoms with E-state index >= 15 is 0 Å². The molecule has 0 aliphatic rings. The van der Waals surface area contributed by atoms with Gasteiger partial charge in [-0.1, -0.05) is 20.8 Å². The number of rotatable bonds is 0. The molecule has 0 aromatic carbocycles. The number of ketones is 1. The molecule has 0 saturated carbocycles. The summed E-state index contributed by atoms with van der Waals surface area (Å²) in [6.07, 6.45) is 0. The molecule has 0 aliphatic heterocycles. The van der Waals surface area contributed by atoms with E-state index in [1.54, 1.807) is 21.0 Å². The maximum absolute atomic E-state index is 10.5. The summed E-state index contributed by atoms with van der Waals surface area (Å²) in [5.74, 6) is 0.336. The lowest BCUT2D eigenvalue weighted by Crippen LogP contribution is -2.17. The number of carbonyl (C=O) groups excluding carboxylic acids is 2. The van der Waals surface area contributed by atoms with Crippen molar-refractivity contribution in [1.29, 1.82) is 0 Å². The first kappa shape index (κ1) is 14.7. The molecule has 13 heavy (non-hydrogen) atoms. The standard InChI is InChI=1S/C6H12O.C4H9NO/c1-5(7)6(2,3)4;1-4(6)5(2)3/h1-4H3;1-3H3. The Bertz CT molecular complexity index is 178. The van der Waals surface area contributed by atoms with Crippen LogP contribution < -0.4 is 0 Å². The highest BCUT2D eigenvalue weighted by Crippen LogP contribution is 2.12. The Labute approximate surface area is 81.1 Å². The highest BCUT2D eigenvalue weighted by atomic mass is 16.2. The minimum Gasteiger partial charge on any atom is -0.349 e. The molecule has 0 saturated heterocycles. The van der Waals surface area contributed by atoms with Gasteiger partial charge in [-0.3, -0.25) is 9.59 Å². The number of amides is 1. The van der Waals surface area contributed by atoms with Crippen molar-refractivity contribution in [3.05, 3.63) is 0 Å². The third kappa shape index (κ3) is 11.1. The van der Waals surface area contributed by atoms with Crippen molar-refractivity contribution in [2.75, 3.05) is 14.1 Å². The van der Waals surface area contributed by atoms with Gasteiger partial charge in [0.25, 0.3) is 0 Å². The van der Waals surface area contributed by atoms with E-state index in [-0.39, 0.29) is 17.1 Å². The molecule has 3 heteroatoms. The maximum Gasteiger partial charge on any atom is 0.218 e. The predicted molar refractivity (Wildman–Crippen MR) is 54.5 cm³/mol. The Hall–Kier alpha value is -0.860. The molecule has 3 nitrogen and oxygen atoms in total. The summed E-state index contributed by atoms with van der Waals surface area (Å²) in [7, 11) is 3.45. The molecule has 0 atom stereocenters. The molecule has 0 bridgehead atoms. The van der Waals surface area contributed by atoms with E-state index in [1.165, 1.54) is 11.8 Å². The van der Waals surface area contributed by atoms with Crippen molar-refractivity contribution in [2.24, 2.45) is 5.41 Å². The smallest absolute Gasteiger partial charge is 0.218 e. The number of Topliss-reactive ketones (excluding diaryl/α,β-unsaturated/α-hetero) is 1. The number of nitrogens with zero attached hydrogens (tertiary/aromatic N) is 1. The molecule has 0 aromatic rings. The highest BCUT2D eigenvalue weighted by molar-refractivity contribution is 5.80. The largest absolute Gasteiger partial charge is 0.349 e. The molecule has 1 amide bonds. The Balaban J connectivity index is 0. The van der Waals surface area contributed by atoms with Gasteiger partial charge in [0.15, 0.2) is 0 Å². The average Bonchev–Trinajstić information content (AvgIpc) is 1.86. The fraction of sp³-hybridized carbons (Fsp3) is 0.800. The molecule has 0 unspecified atom stereocenters. The van der Waals surface area contributed by atoms with Gasteiger partial charge in [-0.25, -0.2) is 0 Å². The number of hydrogen-bond donors (Lipinski definition) is 0. The van der Waals surface area contributed by atoms with Crippen molar-refractivity contribution in [3.63, 3.8) is 0 Å². The Morgan fingerprint density at radius 2 is 1.15 bits per heavy atom. The van der Waals surface area contributed by atoms with E-state index in [4.69, 9.17) is 0 Å². The van der Waals surface area contributed by atoms with Crippen LogP contribution in [-0.4, -0.2) is 30.7 Å². The van der Waals surface area contributed by atoms with Gasteiger partial charge in [-0.05, 0) is 6.92 Å². The van der Waals surface area contributed by atoms with Gasteiger partial charge in [0.05, 0.1) is 0 Å². The molecule has 0 fully saturated rings. The zero-order chi connectivity index (χ0) is 11.2. The first-order valence-electron chi connectivity index (χ1n) is 4.28. The van der Waals surface area contributed by atoms with Crippen LogP contribution in [0.25, 0.3) is 0 Å². The Morgan fingerprint density at radius 3 is 1.15 bits per heavy atom. The van der Waals surface area contributed by atoms with Crippen LogP contribution in [0, 0.1) is 5.41 Å². The Kier molecular flexibility index (Phi) is 6.46. The van der Waals surface area contributed by atoms with Gasteiger partial charge in [0.1, 0.15) is 5.78 Å². The van der Waals surface area contributed by atoms with Gasteiger partial charge in [-0.2, -0.15) is 0 Å². The summed E-state index contributed by atoms with van der Waals surface area (Å²) >= 11 is 0. The van der Waals surface area contributed by atoms with Gasteiger partial charge in [0, 0.05) is 26.4 Å². The lowest BCUT2D eigenvalue weighted by Gasteiger charge is -2.11. The van der Waals surface area contributed by atoms with E-state index in [2.05, 4.69) is 0 Å². The van der Waals surface area contributed by atoms with Crippen LogP contribution >= 0.6 is 0 Å². The second kappa shape index (κ2) is 5.73. The van der Waals surface area contributed by atoms with Crippen LogP contribution in [0.15, 0.2) is 0 Å². The predicted octanol–water partition coefficient (Wildman–Crippen LogP) is 1.72. The van der Waals surface area contributed by atoms with Gasteiger partial charge < -0.3 is 4.90 Å². The molecule has 0 aromatic heterocycles. The van der Waals surface area contributed by atoms with E-state index in [0.29, 0.717) is 0 Å². The minimum absolute atomic E-state index is 0.0926. The van der Waals surface area contributed by atoms with E-state index in [1.807, 2.05) is 20.8 Å². The normalized spacial score (nSPS) is 9.77. The SMILES string of the molecule is CC(=O)C(C)(C)C.CC(=O)N(C)C. The quantitative estimate of drug-likeness (QED) is 0.579. The molecule has 0 heterocycles. The van der Waals surface area contributed by atoms with Crippen molar-refractivity contribution >= 4 is 11.7 Å².